The van der Waals surface area contributed by atoms with Crippen LogP contribution in [-0.2, 0) is 17.9 Å². The summed E-state index contributed by atoms with van der Waals surface area (Å²) >= 11 is 0. The first kappa shape index (κ1) is 16.6. The topological polar surface area (TPSA) is 34.4 Å². The smallest absolute Gasteiger partial charge is 0.129 e. The number of hydrogen-bond acceptors (Lipinski definition) is 3. The van der Waals surface area contributed by atoms with Crippen LogP contribution in [0.4, 0.5) is 0 Å². The minimum atomic E-state index is 0.406. The molecule has 3 nitrogen and oxygen atoms in total. The zero-order valence-corrected chi connectivity index (χ0v) is 14.0. The Bertz CT molecular complexity index is 413. The van der Waals surface area contributed by atoms with Gasteiger partial charge in [0.2, 0.25) is 0 Å². The fraction of sp³-hybridized carbons (Fsp3) is 0.778. The number of ether oxygens (including phenoxy) is 1. The molecule has 0 amide bonds. The molecule has 3 atom stereocenters. The SMILES string of the molecule is CC(C)CNCc1ccc(COC2CCC(C)C(C)C2)o1. The summed E-state index contributed by atoms with van der Waals surface area (Å²) in [7, 11) is 0. The van der Waals surface area contributed by atoms with Crippen molar-refractivity contribution in [3.05, 3.63) is 23.7 Å². The summed E-state index contributed by atoms with van der Waals surface area (Å²) < 4.78 is 11.8. The van der Waals surface area contributed by atoms with Crippen LogP contribution in [0, 0.1) is 17.8 Å². The summed E-state index contributed by atoms with van der Waals surface area (Å²) in [5, 5.41) is 3.40. The summed E-state index contributed by atoms with van der Waals surface area (Å²) in [4.78, 5) is 0. The fourth-order valence-electron chi connectivity index (χ4n) is 2.93. The zero-order valence-electron chi connectivity index (χ0n) is 14.0. The highest BCUT2D eigenvalue weighted by Crippen LogP contribution is 2.31. The largest absolute Gasteiger partial charge is 0.462 e. The van der Waals surface area contributed by atoms with Crippen LogP contribution in [0.25, 0.3) is 0 Å². The quantitative estimate of drug-likeness (QED) is 0.810. The van der Waals surface area contributed by atoms with Crippen LogP contribution in [0.5, 0.6) is 0 Å². The Morgan fingerprint density at radius 2 is 1.95 bits per heavy atom. The van der Waals surface area contributed by atoms with Crippen LogP contribution < -0.4 is 5.32 Å². The van der Waals surface area contributed by atoms with Gasteiger partial charge < -0.3 is 14.5 Å². The Kier molecular flexibility index (Phi) is 6.31. The van der Waals surface area contributed by atoms with E-state index in [1.165, 1.54) is 19.3 Å². The van der Waals surface area contributed by atoms with Gasteiger partial charge in [0.15, 0.2) is 0 Å². The van der Waals surface area contributed by atoms with Crippen molar-refractivity contribution in [1.29, 1.82) is 0 Å². The molecular weight excluding hydrogens is 262 g/mol. The summed E-state index contributed by atoms with van der Waals surface area (Å²) in [5.74, 6) is 4.23. The van der Waals surface area contributed by atoms with Gasteiger partial charge in [-0.1, -0.05) is 27.7 Å². The molecule has 0 radical (unpaired) electrons. The molecule has 1 aliphatic rings. The number of rotatable bonds is 7. The van der Waals surface area contributed by atoms with E-state index in [4.69, 9.17) is 9.15 Å². The Morgan fingerprint density at radius 3 is 2.67 bits per heavy atom. The van der Waals surface area contributed by atoms with Gasteiger partial charge in [-0.25, -0.2) is 0 Å². The molecule has 120 valence electrons. The normalized spacial score (nSPS) is 26.4. The molecule has 1 N–H and O–H groups in total. The van der Waals surface area contributed by atoms with Gasteiger partial charge in [0, 0.05) is 0 Å². The molecule has 3 unspecified atom stereocenters. The van der Waals surface area contributed by atoms with Gasteiger partial charge in [-0.2, -0.15) is 0 Å². The number of nitrogens with one attached hydrogen (secondary N) is 1. The second kappa shape index (κ2) is 8.00. The second-order valence-corrected chi connectivity index (χ2v) is 7.09. The van der Waals surface area contributed by atoms with Crippen LogP contribution in [0.3, 0.4) is 0 Å². The average molecular weight is 293 g/mol. The summed E-state index contributed by atoms with van der Waals surface area (Å²) in [6, 6.07) is 4.10. The summed E-state index contributed by atoms with van der Waals surface area (Å²) in [5.41, 5.74) is 0. The fourth-order valence-corrected chi connectivity index (χ4v) is 2.93. The van der Waals surface area contributed by atoms with E-state index < -0.39 is 0 Å². The van der Waals surface area contributed by atoms with Gasteiger partial charge in [0.25, 0.3) is 0 Å². The Balaban J connectivity index is 1.70. The molecule has 1 fully saturated rings. The van der Waals surface area contributed by atoms with E-state index in [9.17, 15) is 0 Å². The minimum absolute atomic E-state index is 0.406. The molecule has 0 spiro atoms. The van der Waals surface area contributed by atoms with Crippen LogP contribution in [0.2, 0.25) is 0 Å². The van der Waals surface area contributed by atoms with Crippen LogP contribution >= 0.6 is 0 Å². The molecule has 1 aromatic heterocycles. The van der Waals surface area contributed by atoms with Gasteiger partial charge in [-0.3, -0.25) is 0 Å². The maximum atomic E-state index is 6.03. The molecule has 1 aromatic rings. The molecule has 2 rings (SSSR count). The third-order valence-corrected chi connectivity index (χ3v) is 4.58. The van der Waals surface area contributed by atoms with Crippen molar-refractivity contribution in [2.45, 2.75) is 66.2 Å². The molecule has 1 aliphatic carbocycles. The third-order valence-electron chi connectivity index (χ3n) is 4.58. The van der Waals surface area contributed by atoms with Crippen molar-refractivity contribution in [1.82, 2.24) is 5.32 Å². The second-order valence-electron chi connectivity index (χ2n) is 7.09. The van der Waals surface area contributed by atoms with Crippen molar-refractivity contribution in [3.63, 3.8) is 0 Å². The van der Waals surface area contributed by atoms with E-state index in [1.54, 1.807) is 0 Å². The van der Waals surface area contributed by atoms with E-state index in [1.807, 2.05) is 6.07 Å². The molecule has 0 aromatic carbocycles. The van der Waals surface area contributed by atoms with Crippen molar-refractivity contribution < 1.29 is 9.15 Å². The Morgan fingerprint density at radius 1 is 1.19 bits per heavy atom. The lowest BCUT2D eigenvalue weighted by atomic mass is 9.80. The highest BCUT2D eigenvalue weighted by molar-refractivity contribution is 5.06. The predicted octanol–water partition coefficient (Wildman–Crippen LogP) is 4.37. The molecule has 0 saturated heterocycles. The standard InChI is InChI=1S/C18H31NO2/c1-13(2)10-19-11-17-7-8-18(21-17)12-20-16-6-5-14(3)15(4)9-16/h7-8,13-16,19H,5-6,9-12H2,1-4H3. The van der Waals surface area contributed by atoms with Crippen molar-refractivity contribution in [2.75, 3.05) is 6.54 Å². The molecular formula is C18H31NO2. The highest BCUT2D eigenvalue weighted by atomic mass is 16.5. The summed E-state index contributed by atoms with van der Waals surface area (Å²) in [6.07, 6.45) is 4.07. The molecule has 21 heavy (non-hydrogen) atoms. The zero-order chi connectivity index (χ0) is 15.2. The van der Waals surface area contributed by atoms with E-state index in [0.29, 0.717) is 18.6 Å². The van der Waals surface area contributed by atoms with E-state index in [0.717, 1.165) is 36.4 Å². The van der Waals surface area contributed by atoms with Gasteiger partial charge >= 0.3 is 0 Å². The molecule has 1 saturated carbocycles. The van der Waals surface area contributed by atoms with Gasteiger partial charge in [0.1, 0.15) is 18.1 Å². The van der Waals surface area contributed by atoms with E-state index in [-0.39, 0.29) is 0 Å². The monoisotopic (exact) mass is 293 g/mol. The summed E-state index contributed by atoms with van der Waals surface area (Å²) in [6.45, 7) is 11.5. The van der Waals surface area contributed by atoms with Crippen LogP contribution in [0.1, 0.15) is 58.5 Å². The molecule has 0 bridgehead atoms. The first-order valence-corrected chi connectivity index (χ1v) is 8.44. The van der Waals surface area contributed by atoms with Crippen LogP contribution in [0.15, 0.2) is 16.5 Å². The molecule has 3 heteroatoms. The van der Waals surface area contributed by atoms with Gasteiger partial charge in [0.05, 0.1) is 12.6 Å². The number of hydrogen-bond donors (Lipinski definition) is 1. The van der Waals surface area contributed by atoms with Crippen molar-refractivity contribution >= 4 is 0 Å². The lowest BCUT2D eigenvalue weighted by molar-refractivity contribution is -0.0142. The first-order valence-electron chi connectivity index (χ1n) is 8.44. The Labute approximate surface area is 129 Å². The first-order chi connectivity index (χ1) is 10.0. The van der Waals surface area contributed by atoms with E-state index >= 15 is 0 Å². The predicted molar refractivity (Wildman–Crippen MR) is 86.0 cm³/mol. The van der Waals surface area contributed by atoms with Crippen molar-refractivity contribution in [3.8, 4) is 0 Å². The average Bonchev–Trinajstić information content (AvgIpc) is 2.88. The lowest BCUT2D eigenvalue weighted by Crippen LogP contribution is -2.26. The Hall–Kier alpha value is -0.800. The number of furan rings is 1. The van der Waals surface area contributed by atoms with Crippen LogP contribution in [-0.4, -0.2) is 12.6 Å². The third kappa shape index (κ3) is 5.48. The molecule has 1 heterocycles. The lowest BCUT2D eigenvalue weighted by Gasteiger charge is -2.31. The highest BCUT2D eigenvalue weighted by Gasteiger charge is 2.25. The van der Waals surface area contributed by atoms with Gasteiger partial charge in [-0.15, -0.1) is 0 Å². The van der Waals surface area contributed by atoms with Crippen molar-refractivity contribution in [2.24, 2.45) is 17.8 Å². The molecule has 0 aliphatic heterocycles. The van der Waals surface area contributed by atoms with E-state index in [2.05, 4.69) is 39.1 Å². The maximum absolute atomic E-state index is 6.03. The maximum Gasteiger partial charge on any atom is 0.129 e. The van der Waals surface area contributed by atoms with Gasteiger partial charge in [-0.05, 0) is 55.7 Å². The minimum Gasteiger partial charge on any atom is -0.462 e.